The molecule has 150 valence electrons. The van der Waals surface area contributed by atoms with Gasteiger partial charge in [0.15, 0.2) is 18.2 Å². The maximum Gasteiger partial charge on any atom is 0.338 e. The summed E-state index contributed by atoms with van der Waals surface area (Å²) in [4.78, 5) is 25.3. The summed E-state index contributed by atoms with van der Waals surface area (Å²) in [6.07, 6.45) is 0. The van der Waals surface area contributed by atoms with Crippen molar-refractivity contribution in [3.8, 4) is 5.75 Å². The number of likely N-dealkylation sites (N-methyl/N-ethyl adjacent to an activating group) is 1. The first-order valence-corrected chi connectivity index (χ1v) is 9.31. The van der Waals surface area contributed by atoms with Gasteiger partial charge in [-0.25, -0.2) is 9.18 Å². The zero-order valence-electron chi connectivity index (χ0n) is 16.2. The van der Waals surface area contributed by atoms with Crippen LogP contribution in [0, 0.1) is 5.82 Å². The molecule has 0 aliphatic carbocycles. The molecular weight excluding hydrogens is 363 g/mol. The van der Waals surface area contributed by atoms with Gasteiger partial charge in [0.05, 0.1) is 18.7 Å². The van der Waals surface area contributed by atoms with Gasteiger partial charge in [-0.05, 0) is 50.2 Å². The molecule has 0 bridgehead atoms. The lowest BCUT2D eigenvalue weighted by atomic mass is 10.2. The van der Waals surface area contributed by atoms with Gasteiger partial charge in [0.1, 0.15) is 13.2 Å². The van der Waals surface area contributed by atoms with Crippen LogP contribution in [0.4, 0.5) is 10.1 Å². The SMILES string of the molecule is CC[NH+](CC)CCOC(=O)c1ccc(NC(=O)COc2ccccc2F)cc1. The third-order valence-electron chi connectivity index (χ3n) is 4.29. The number of nitrogens with one attached hydrogen (secondary N) is 2. The molecule has 0 atom stereocenters. The van der Waals surface area contributed by atoms with Gasteiger partial charge in [-0.2, -0.15) is 0 Å². The minimum Gasteiger partial charge on any atom is -0.481 e. The van der Waals surface area contributed by atoms with Crippen LogP contribution in [0.15, 0.2) is 48.5 Å². The van der Waals surface area contributed by atoms with Crippen molar-refractivity contribution in [1.82, 2.24) is 0 Å². The van der Waals surface area contributed by atoms with E-state index in [0.29, 0.717) is 17.9 Å². The fourth-order valence-electron chi connectivity index (χ4n) is 2.57. The van der Waals surface area contributed by atoms with E-state index in [1.165, 1.54) is 17.0 Å². The van der Waals surface area contributed by atoms with Crippen molar-refractivity contribution in [2.24, 2.45) is 0 Å². The fourth-order valence-corrected chi connectivity index (χ4v) is 2.57. The van der Waals surface area contributed by atoms with Gasteiger partial charge < -0.3 is 19.7 Å². The van der Waals surface area contributed by atoms with Crippen LogP contribution in [0.5, 0.6) is 5.75 Å². The number of anilines is 1. The van der Waals surface area contributed by atoms with E-state index in [1.54, 1.807) is 36.4 Å². The molecule has 0 saturated carbocycles. The van der Waals surface area contributed by atoms with E-state index in [2.05, 4.69) is 19.2 Å². The van der Waals surface area contributed by atoms with E-state index >= 15 is 0 Å². The van der Waals surface area contributed by atoms with Gasteiger partial charge >= 0.3 is 5.97 Å². The van der Waals surface area contributed by atoms with E-state index in [4.69, 9.17) is 9.47 Å². The van der Waals surface area contributed by atoms with Crippen molar-refractivity contribution in [3.05, 3.63) is 59.9 Å². The molecular formula is C21H26FN2O4+. The fraction of sp³-hybridized carbons (Fsp3) is 0.333. The summed E-state index contributed by atoms with van der Waals surface area (Å²) in [7, 11) is 0. The average molecular weight is 389 g/mol. The third-order valence-corrected chi connectivity index (χ3v) is 4.29. The van der Waals surface area contributed by atoms with Gasteiger partial charge in [-0.1, -0.05) is 12.1 Å². The quantitative estimate of drug-likeness (QED) is 0.610. The second kappa shape index (κ2) is 11.0. The first-order valence-electron chi connectivity index (χ1n) is 9.31. The Morgan fingerprint density at radius 3 is 2.36 bits per heavy atom. The number of quaternary nitrogens is 1. The largest absolute Gasteiger partial charge is 0.481 e. The molecule has 2 aromatic carbocycles. The molecule has 0 radical (unpaired) electrons. The van der Waals surface area contributed by atoms with Gasteiger partial charge in [0.25, 0.3) is 5.91 Å². The molecule has 0 unspecified atom stereocenters. The molecule has 0 spiro atoms. The highest BCUT2D eigenvalue weighted by Gasteiger charge is 2.11. The van der Waals surface area contributed by atoms with Crippen molar-refractivity contribution in [3.63, 3.8) is 0 Å². The summed E-state index contributed by atoms with van der Waals surface area (Å²) >= 11 is 0. The summed E-state index contributed by atoms with van der Waals surface area (Å²) < 4.78 is 23.9. The summed E-state index contributed by atoms with van der Waals surface area (Å²) in [6, 6.07) is 12.2. The number of esters is 1. The van der Waals surface area contributed by atoms with E-state index < -0.39 is 17.7 Å². The summed E-state index contributed by atoms with van der Waals surface area (Å²) in [6.45, 7) is 6.98. The number of ether oxygens (including phenoxy) is 2. The number of hydrogen-bond donors (Lipinski definition) is 2. The maximum atomic E-state index is 13.5. The van der Waals surface area contributed by atoms with Crippen LogP contribution < -0.4 is 15.0 Å². The highest BCUT2D eigenvalue weighted by molar-refractivity contribution is 5.93. The molecule has 7 heteroatoms. The second-order valence-electron chi connectivity index (χ2n) is 6.19. The number of amides is 1. The number of rotatable bonds is 10. The Labute approximate surface area is 164 Å². The van der Waals surface area contributed by atoms with Gasteiger partial charge in [-0.15, -0.1) is 0 Å². The highest BCUT2D eigenvalue weighted by atomic mass is 19.1. The van der Waals surface area contributed by atoms with Crippen LogP contribution in [-0.4, -0.2) is 44.7 Å². The highest BCUT2D eigenvalue weighted by Crippen LogP contribution is 2.15. The number of carbonyl (C=O) groups is 2. The van der Waals surface area contributed by atoms with Gasteiger partial charge in [0.2, 0.25) is 0 Å². The molecule has 0 aromatic heterocycles. The Hall–Kier alpha value is -2.93. The number of hydrogen-bond acceptors (Lipinski definition) is 4. The normalized spacial score (nSPS) is 10.6. The smallest absolute Gasteiger partial charge is 0.338 e. The van der Waals surface area contributed by atoms with E-state index in [9.17, 15) is 14.0 Å². The van der Waals surface area contributed by atoms with Crippen LogP contribution >= 0.6 is 0 Å². The Bertz CT molecular complexity index is 776. The van der Waals surface area contributed by atoms with E-state index in [0.717, 1.165) is 19.6 Å². The lowest BCUT2D eigenvalue weighted by Crippen LogP contribution is -3.11. The third kappa shape index (κ3) is 6.66. The first kappa shape index (κ1) is 21.4. The van der Waals surface area contributed by atoms with E-state index in [-0.39, 0.29) is 12.4 Å². The van der Waals surface area contributed by atoms with Crippen LogP contribution in [0.1, 0.15) is 24.2 Å². The van der Waals surface area contributed by atoms with Crippen molar-refractivity contribution >= 4 is 17.6 Å². The molecule has 0 saturated heterocycles. The van der Waals surface area contributed by atoms with Gasteiger partial charge in [-0.3, -0.25) is 4.79 Å². The summed E-state index contributed by atoms with van der Waals surface area (Å²) in [5.74, 6) is -1.34. The van der Waals surface area contributed by atoms with Crippen molar-refractivity contribution in [2.75, 3.05) is 38.2 Å². The molecule has 0 fully saturated rings. The Kier molecular flexibility index (Phi) is 8.42. The predicted molar refractivity (Wildman–Crippen MR) is 104 cm³/mol. The molecule has 6 nitrogen and oxygen atoms in total. The number of para-hydroxylation sites is 1. The summed E-state index contributed by atoms with van der Waals surface area (Å²) in [5, 5.41) is 2.63. The van der Waals surface area contributed by atoms with Crippen molar-refractivity contribution < 1.29 is 28.4 Å². The molecule has 28 heavy (non-hydrogen) atoms. The topological polar surface area (TPSA) is 69.1 Å². The van der Waals surface area contributed by atoms with Crippen LogP contribution in [0.2, 0.25) is 0 Å². The molecule has 2 aromatic rings. The number of carbonyl (C=O) groups excluding carboxylic acids is 2. The molecule has 0 heterocycles. The standard InChI is InChI=1S/C21H25FN2O4/c1-3-24(4-2)13-14-27-21(26)16-9-11-17(12-10-16)23-20(25)15-28-19-8-6-5-7-18(19)22/h5-12H,3-4,13-15H2,1-2H3,(H,23,25)/p+1. The average Bonchev–Trinajstić information content (AvgIpc) is 2.71. The molecule has 0 aliphatic rings. The number of benzene rings is 2. The zero-order valence-corrected chi connectivity index (χ0v) is 16.2. The maximum absolute atomic E-state index is 13.5. The first-order chi connectivity index (χ1) is 13.5. The monoisotopic (exact) mass is 389 g/mol. The van der Waals surface area contributed by atoms with E-state index in [1.807, 2.05) is 0 Å². The van der Waals surface area contributed by atoms with Crippen LogP contribution in [-0.2, 0) is 9.53 Å². The Morgan fingerprint density at radius 1 is 1.04 bits per heavy atom. The van der Waals surface area contributed by atoms with Crippen molar-refractivity contribution in [2.45, 2.75) is 13.8 Å². The lowest BCUT2D eigenvalue weighted by Gasteiger charge is -2.15. The van der Waals surface area contributed by atoms with Crippen LogP contribution in [0.3, 0.4) is 0 Å². The molecule has 2 rings (SSSR count). The zero-order chi connectivity index (χ0) is 20.4. The molecule has 1 amide bonds. The number of halogens is 1. The minimum atomic E-state index is -0.527. The Morgan fingerprint density at radius 2 is 1.71 bits per heavy atom. The summed E-state index contributed by atoms with van der Waals surface area (Å²) in [5.41, 5.74) is 0.918. The van der Waals surface area contributed by atoms with Crippen LogP contribution in [0.25, 0.3) is 0 Å². The minimum absolute atomic E-state index is 0.0160. The lowest BCUT2D eigenvalue weighted by molar-refractivity contribution is -0.896. The predicted octanol–water partition coefficient (Wildman–Crippen LogP) is 1.92. The molecule has 0 aliphatic heterocycles. The second-order valence-corrected chi connectivity index (χ2v) is 6.19. The molecule has 2 N–H and O–H groups in total. The van der Waals surface area contributed by atoms with Crippen molar-refractivity contribution in [1.29, 1.82) is 0 Å². The van der Waals surface area contributed by atoms with Gasteiger partial charge in [0, 0.05) is 5.69 Å². The Balaban J connectivity index is 1.79.